The molecule has 0 aliphatic rings. The summed E-state index contributed by atoms with van der Waals surface area (Å²) in [6.45, 7) is 0.318. The van der Waals surface area contributed by atoms with Crippen LogP contribution in [0.15, 0.2) is 23.2 Å². The Kier molecular flexibility index (Phi) is 5.78. The highest BCUT2D eigenvalue weighted by Crippen LogP contribution is 2.14. The third-order valence-corrected chi connectivity index (χ3v) is 2.49. The second-order valence-corrected chi connectivity index (χ2v) is 3.64. The number of hydrogen-bond donors (Lipinski definition) is 2. The number of rotatable bonds is 2. The number of aliphatic imine (C=N–C) groups is 1. The molecule has 0 atom stereocenters. The first-order valence-corrected chi connectivity index (χ1v) is 4.67. The van der Waals surface area contributed by atoms with Crippen LogP contribution in [-0.2, 0) is 6.54 Å². The summed E-state index contributed by atoms with van der Waals surface area (Å²) in [5.74, 6) is -0.263. The van der Waals surface area contributed by atoms with Crippen molar-refractivity contribution >= 4 is 41.0 Å². The van der Waals surface area contributed by atoms with E-state index < -0.39 is 0 Å². The first kappa shape index (κ1) is 13.4. The lowest BCUT2D eigenvalue weighted by Gasteiger charge is -2.00. The maximum absolute atomic E-state index is 12.8. The van der Waals surface area contributed by atoms with Gasteiger partial charge < -0.3 is 11.5 Å². The van der Waals surface area contributed by atoms with Gasteiger partial charge in [-0.2, -0.15) is 0 Å². The monoisotopic (exact) mass is 329 g/mol. The Labute approximate surface area is 101 Å². The van der Waals surface area contributed by atoms with Gasteiger partial charge in [0.15, 0.2) is 5.96 Å². The van der Waals surface area contributed by atoms with E-state index in [1.54, 1.807) is 6.07 Å². The number of hydrogen-bond acceptors (Lipinski definition) is 1. The average Bonchev–Trinajstić information content (AvgIpc) is 2.06. The number of nitrogens with zero attached hydrogens (tertiary/aromatic N) is 1. The van der Waals surface area contributed by atoms with Crippen molar-refractivity contribution in [2.45, 2.75) is 6.54 Å². The summed E-state index contributed by atoms with van der Waals surface area (Å²) < 4.78 is 13.7. The topological polar surface area (TPSA) is 64.4 Å². The van der Waals surface area contributed by atoms with Gasteiger partial charge >= 0.3 is 0 Å². The van der Waals surface area contributed by atoms with E-state index in [-0.39, 0.29) is 24.2 Å². The number of halogens is 3. The maximum Gasteiger partial charge on any atom is 0.186 e. The molecule has 0 aliphatic carbocycles. The van der Waals surface area contributed by atoms with E-state index in [1.165, 1.54) is 12.1 Å². The summed E-state index contributed by atoms with van der Waals surface area (Å²) >= 11 is 2.11. The minimum absolute atomic E-state index is 0. The highest BCUT2D eigenvalue weighted by Gasteiger charge is 2.00. The van der Waals surface area contributed by atoms with Gasteiger partial charge in [0.1, 0.15) is 5.82 Å². The molecule has 0 fully saturated rings. The second kappa shape index (κ2) is 6.02. The highest BCUT2D eigenvalue weighted by atomic mass is 127. The molecule has 4 N–H and O–H groups in total. The van der Waals surface area contributed by atoms with Gasteiger partial charge in [-0.25, -0.2) is 9.38 Å². The second-order valence-electron chi connectivity index (χ2n) is 2.48. The normalized spacial score (nSPS) is 9.00. The SMILES string of the molecule is Cl.NC(N)=NCc1cc(F)ccc1I. The van der Waals surface area contributed by atoms with Gasteiger partial charge in [0, 0.05) is 3.57 Å². The fourth-order valence-corrected chi connectivity index (χ4v) is 1.35. The van der Waals surface area contributed by atoms with E-state index in [0.717, 1.165) is 9.13 Å². The van der Waals surface area contributed by atoms with Gasteiger partial charge in [0.25, 0.3) is 0 Å². The molecule has 0 aromatic heterocycles. The van der Waals surface area contributed by atoms with Gasteiger partial charge in [-0.05, 0) is 46.4 Å². The maximum atomic E-state index is 12.8. The summed E-state index contributed by atoms with van der Waals surface area (Å²) in [5.41, 5.74) is 11.1. The molecule has 3 nitrogen and oxygen atoms in total. The Balaban J connectivity index is 0.00000169. The zero-order valence-corrected chi connectivity index (χ0v) is 10.2. The Morgan fingerprint density at radius 2 is 2.07 bits per heavy atom. The van der Waals surface area contributed by atoms with Crippen molar-refractivity contribution in [2.75, 3.05) is 0 Å². The molecule has 1 aromatic carbocycles. The summed E-state index contributed by atoms with van der Waals surface area (Å²) in [7, 11) is 0. The molecule has 1 aromatic rings. The van der Waals surface area contributed by atoms with Crippen molar-refractivity contribution in [2.24, 2.45) is 16.5 Å². The molecule has 0 amide bonds. The molecular weight excluding hydrogens is 319 g/mol. The zero-order valence-electron chi connectivity index (χ0n) is 7.21. The Morgan fingerprint density at radius 3 is 2.64 bits per heavy atom. The fourth-order valence-electron chi connectivity index (χ4n) is 0.841. The molecule has 1 rings (SSSR count). The van der Waals surface area contributed by atoms with Crippen LogP contribution in [0.1, 0.15) is 5.56 Å². The van der Waals surface area contributed by atoms with Gasteiger partial charge in [0.05, 0.1) is 6.54 Å². The Bertz CT molecular complexity index is 339. The molecule has 0 saturated carbocycles. The number of guanidine groups is 1. The summed E-state index contributed by atoms with van der Waals surface area (Å²) in [4.78, 5) is 3.80. The van der Waals surface area contributed by atoms with Crippen molar-refractivity contribution in [3.8, 4) is 0 Å². The van der Waals surface area contributed by atoms with E-state index in [1.807, 2.05) is 0 Å². The summed E-state index contributed by atoms with van der Waals surface area (Å²) in [6, 6.07) is 4.52. The third kappa shape index (κ3) is 4.10. The van der Waals surface area contributed by atoms with Crippen LogP contribution in [0.5, 0.6) is 0 Å². The molecule has 0 spiro atoms. The predicted octanol–water partition coefficient (Wildman–Crippen LogP) is 1.63. The predicted molar refractivity (Wildman–Crippen MR) is 65.9 cm³/mol. The van der Waals surface area contributed by atoms with Gasteiger partial charge in [-0.15, -0.1) is 12.4 Å². The average molecular weight is 330 g/mol. The van der Waals surface area contributed by atoms with Crippen LogP contribution in [0.25, 0.3) is 0 Å². The van der Waals surface area contributed by atoms with Crippen molar-refractivity contribution in [3.63, 3.8) is 0 Å². The van der Waals surface area contributed by atoms with Crippen LogP contribution >= 0.6 is 35.0 Å². The van der Waals surface area contributed by atoms with E-state index in [9.17, 15) is 4.39 Å². The molecule has 0 bridgehead atoms. The largest absolute Gasteiger partial charge is 0.370 e. The minimum atomic E-state index is -0.277. The quantitative estimate of drug-likeness (QED) is 0.492. The summed E-state index contributed by atoms with van der Waals surface area (Å²) in [6.07, 6.45) is 0. The van der Waals surface area contributed by atoms with Gasteiger partial charge in [0.2, 0.25) is 0 Å². The van der Waals surface area contributed by atoms with Crippen LogP contribution in [0.2, 0.25) is 0 Å². The van der Waals surface area contributed by atoms with Crippen LogP contribution < -0.4 is 11.5 Å². The first-order valence-electron chi connectivity index (χ1n) is 3.59. The van der Waals surface area contributed by atoms with Crippen molar-refractivity contribution < 1.29 is 4.39 Å². The highest BCUT2D eigenvalue weighted by molar-refractivity contribution is 14.1. The summed E-state index contributed by atoms with van der Waals surface area (Å²) in [5, 5.41) is 0. The molecule has 0 radical (unpaired) electrons. The molecule has 78 valence electrons. The van der Waals surface area contributed by atoms with Crippen molar-refractivity contribution in [3.05, 3.63) is 33.1 Å². The van der Waals surface area contributed by atoms with Crippen LogP contribution in [0, 0.1) is 9.39 Å². The van der Waals surface area contributed by atoms with Gasteiger partial charge in [-0.3, -0.25) is 0 Å². The lowest BCUT2D eigenvalue weighted by atomic mass is 10.2. The van der Waals surface area contributed by atoms with E-state index in [2.05, 4.69) is 27.6 Å². The van der Waals surface area contributed by atoms with E-state index >= 15 is 0 Å². The third-order valence-electron chi connectivity index (χ3n) is 1.44. The molecule has 0 aliphatic heterocycles. The Hall–Kier alpha value is -0.560. The molecule has 6 heteroatoms. The van der Waals surface area contributed by atoms with E-state index in [0.29, 0.717) is 6.54 Å². The van der Waals surface area contributed by atoms with Crippen LogP contribution in [0.3, 0.4) is 0 Å². The van der Waals surface area contributed by atoms with Crippen LogP contribution in [-0.4, -0.2) is 5.96 Å². The number of benzene rings is 1. The molecule has 0 heterocycles. The van der Waals surface area contributed by atoms with Crippen LogP contribution in [0.4, 0.5) is 4.39 Å². The lowest BCUT2D eigenvalue weighted by molar-refractivity contribution is 0.625. The standard InChI is InChI=1S/C8H9FIN3.ClH/c9-6-1-2-7(10)5(3-6)4-13-8(11)12;/h1-3H,4H2,(H4,11,12,13);1H. The molecule has 0 saturated heterocycles. The molecular formula is C8H10ClFIN3. The van der Waals surface area contributed by atoms with E-state index in [4.69, 9.17) is 11.5 Å². The van der Waals surface area contributed by atoms with Gasteiger partial charge in [-0.1, -0.05) is 0 Å². The van der Waals surface area contributed by atoms with Crippen molar-refractivity contribution in [1.82, 2.24) is 0 Å². The zero-order chi connectivity index (χ0) is 9.84. The molecule has 14 heavy (non-hydrogen) atoms. The smallest absolute Gasteiger partial charge is 0.186 e. The minimum Gasteiger partial charge on any atom is -0.370 e. The van der Waals surface area contributed by atoms with Crippen molar-refractivity contribution in [1.29, 1.82) is 0 Å². The lowest BCUT2D eigenvalue weighted by Crippen LogP contribution is -2.22. The number of nitrogens with two attached hydrogens (primary N) is 2. The fraction of sp³-hybridized carbons (Fsp3) is 0.125. The Morgan fingerprint density at radius 1 is 1.43 bits per heavy atom. The molecule has 0 unspecified atom stereocenters. The first-order chi connectivity index (χ1) is 6.09.